The van der Waals surface area contributed by atoms with Gasteiger partial charge in [0.1, 0.15) is 0 Å². The Labute approximate surface area is 95.2 Å². The molecule has 0 saturated heterocycles. The zero-order valence-electron chi connectivity index (χ0n) is 9.05. The van der Waals surface area contributed by atoms with Gasteiger partial charge < -0.3 is 4.74 Å². The van der Waals surface area contributed by atoms with Crippen molar-refractivity contribution in [2.24, 2.45) is 0 Å². The third kappa shape index (κ3) is 3.56. The van der Waals surface area contributed by atoms with Gasteiger partial charge in [0.05, 0.1) is 6.61 Å². The maximum atomic E-state index is 11.2. The van der Waals surface area contributed by atoms with E-state index in [0.29, 0.717) is 19.4 Å². The molecule has 0 heterocycles. The van der Waals surface area contributed by atoms with Crippen LogP contribution in [0, 0.1) is 6.92 Å². The normalized spacial score (nSPS) is 10.1. The number of carbonyl (C=O) groups is 1. The van der Waals surface area contributed by atoms with Crippen LogP contribution in [0.5, 0.6) is 0 Å². The van der Waals surface area contributed by atoms with Crippen LogP contribution in [0.25, 0.3) is 0 Å². The minimum absolute atomic E-state index is 0.170. The summed E-state index contributed by atoms with van der Waals surface area (Å²) >= 11 is 6.04. The van der Waals surface area contributed by atoms with Gasteiger partial charge in [-0.3, -0.25) is 4.79 Å². The molecule has 0 saturated carbocycles. The first-order valence-electron chi connectivity index (χ1n) is 5.04. The summed E-state index contributed by atoms with van der Waals surface area (Å²) in [6, 6.07) is 5.74. The zero-order valence-corrected chi connectivity index (χ0v) is 9.80. The van der Waals surface area contributed by atoms with Crippen molar-refractivity contribution in [2.45, 2.75) is 26.7 Å². The zero-order chi connectivity index (χ0) is 11.3. The highest BCUT2D eigenvalue weighted by molar-refractivity contribution is 6.31. The number of ether oxygens (including phenoxy) is 1. The first-order chi connectivity index (χ1) is 7.15. The third-order valence-corrected chi connectivity index (χ3v) is 2.59. The lowest BCUT2D eigenvalue weighted by atomic mass is 10.0. The Morgan fingerprint density at radius 1 is 1.47 bits per heavy atom. The minimum Gasteiger partial charge on any atom is -0.466 e. The molecule has 1 aromatic carbocycles. The summed E-state index contributed by atoms with van der Waals surface area (Å²) in [6.45, 7) is 4.23. The molecule has 0 amide bonds. The highest BCUT2D eigenvalue weighted by Gasteiger charge is 2.07. The highest BCUT2D eigenvalue weighted by Crippen LogP contribution is 2.20. The second-order valence-corrected chi connectivity index (χ2v) is 3.75. The van der Waals surface area contributed by atoms with Crippen LogP contribution in [0.4, 0.5) is 0 Å². The van der Waals surface area contributed by atoms with E-state index in [1.165, 1.54) is 0 Å². The number of esters is 1. The molecule has 82 valence electrons. The lowest BCUT2D eigenvalue weighted by molar-refractivity contribution is -0.143. The van der Waals surface area contributed by atoms with Crippen molar-refractivity contribution in [3.63, 3.8) is 0 Å². The predicted octanol–water partition coefficient (Wildman–Crippen LogP) is 3.14. The van der Waals surface area contributed by atoms with Crippen LogP contribution in [0.15, 0.2) is 18.2 Å². The van der Waals surface area contributed by atoms with Crippen LogP contribution in [0.2, 0.25) is 5.02 Å². The third-order valence-electron chi connectivity index (χ3n) is 2.24. The van der Waals surface area contributed by atoms with Gasteiger partial charge in [-0.2, -0.15) is 0 Å². The molecule has 0 N–H and O–H groups in total. The summed E-state index contributed by atoms with van der Waals surface area (Å²) in [5, 5.41) is 0.722. The van der Waals surface area contributed by atoms with E-state index in [4.69, 9.17) is 16.3 Å². The molecule has 1 aromatic rings. The van der Waals surface area contributed by atoms with Gasteiger partial charge in [-0.25, -0.2) is 0 Å². The highest BCUT2D eigenvalue weighted by atomic mass is 35.5. The topological polar surface area (TPSA) is 26.3 Å². The molecule has 15 heavy (non-hydrogen) atoms. The van der Waals surface area contributed by atoms with Gasteiger partial charge in [0.25, 0.3) is 0 Å². The average molecular weight is 227 g/mol. The summed E-state index contributed by atoms with van der Waals surface area (Å²) < 4.78 is 4.86. The maximum absolute atomic E-state index is 11.2. The molecule has 0 atom stereocenters. The fourth-order valence-corrected chi connectivity index (χ4v) is 1.76. The van der Waals surface area contributed by atoms with Gasteiger partial charge in [0.2, 0.25) is 0 Å². The van der Waals surface area contributed by atoms with Crippen molar-refractivity contribution >= 4 is 17.6 Å². The first kappa shape index (κ1) is 12.1. The number of carbonyl (C=O) groups excluding carboxylic acids is 1. The Bertz CT molecular complexity index is 327. The molecular weight excluding hydrogens is 212 g/mol. The molecule has 0 radical (unpaired) electrons. The van der Waals surface area contributed by atoms with E-state index in [1.807, 2.05) is 25.1 Å². The van der Waals surface area contributed by atoms with Gasteiger partial charge in [-0.05, 0) is 37.5 Å². The number of benzene rings is 1. The fourth-order valence-electron chi connectivity index (χ4n) is 1.44. The Balaban J connectivity index is 2.61. The van der Waals surface area contributed by atoms with Gasteiger partial charge in [-0.1, -0.05) is 23.7 Å². The lowest BCUT2D eigenvalue weighted by Crippen LogP contribution is -2.06. The molecule has 0 aliphatic rings. The fraction of sp³-hybridized carbons (Fsp3) is 0.417. The molecule has 0 aliphatic carbocycles. The second kappa shape index (κ2) is 5.76. The molecule has 0 fully saturated rings. The van der Waals surface area contributed by atoms with E-state index < -0.39 is 0 Å². The van der Waals surface area contributed by atoms with Crippen molar-refractivity contribution in [1.29, 1.82) is 0 Å². The van der Waals surface area contributed by atoms with Crippen LogP contribution in [0.3, 0.4) is 0 Å². The van der Waals surface area contributed by atoms with Crippen molar-refractivity contribution in [2.75, 3.05) is 6.61 Å². The van der Waals surface area contributed by atoms with Gasteiger partial charge >= 0.3 is 5.97 Å². The summed E-state index contributed by atoms with van der Waals surface area (Å²) in [5.74, 6) is -0.170. The van der Waals surface area contributed by atoms with Crippen LogP contribution < -0.4 is 0 Å². The molecule has 0 unspecified atom stereocenters. The van der Waals surface area contributed by atoms with E-state index in [2.05, 4.69) is 0 Å². The van der Waals surface area contributed by atoms with E-state index in [-0.39, 0.29) is 5.97 Å². The van der Waals surface area contributed by atoms with E-state index in [9.17, 15) is 4.79 Å². The summed E-state index contributed by atoms with van der Waals surface area (Å²) in [6.07, 6.45) is 1.03. The molecule has 2 nitrogen and oxygen atoms in total. The SMILES string of the molecule is CCOC(=O)CCc1c(C)cccc1Cl. The van der Waals surface area contributed by atoms with Crippen molar-refractivity contribution in [3.05, 3.63) is 34.3 Å². The van der Waals surface area contributed by atoms with Crippen LogP contribution in [-0.2, 0) is 16.0 Å². The first-order valence-corrected chi connectivity index (χ1v) is 5.42. The van der Waals surface area contributed by atoms with E-state index in [1.54, 1.807) is 6.92 Å². The molecule has 1 rings (SSSR count). The van der Waals surface area contributed by atoms with Crippen LogP contribution in [-0.4, -0.2) is 12.6 Å². The van der Waals surface area contributed by atoms with Gasteiger partial charge in [0.15, 0.2) is 0 Å². The minimum atomic E-state index is -0.170. The summed E-state index contributed by atoms with van der Waals surface area (Å²) in [5.41, 5.74) is 2.15. The Morgan fingerprint density at radius 2 is 2.20 bits per heavy atom. The van der Waals surface area contributed by atoms with Crippen molar-refractivity contribution in [3.8, 4) is 0 Å². The standard InChI is InChI=1S/C12H15ClO2/c1-3-15-12(14)8-7-10-9(2)5-4-6-11(10)13/h4-6H,3,7-8H2,1-2H3. The number of rotatable bonds is 4. The summed E-state index contributed by atoms with van der Waals surface area (Å²) in [4.78, 5) is 11.2. The number of aryl methyl sites for hydroxylation is 1. The Kier molecular flexibility index (Phi) is 4.63. The van der Waals surface area contributed by atoms with Gasteiger partial charge in [0, 0.05) is 11.4 Å². The largest absolute Gasteiger partial charge is 0.466 e. The Morgan fingerprint density at radius 3 is 2.80 bits per heavy atom. The maximum Gasteiger partial charge on any atom is 0.306 e. The van der Waals surface area contributed by atoms with Crippen LogP contribution in [0.1, 0.15) is 24.5 Å². The number of halogens is 1. The molecule has 0 aromatic heterocycles. The Hall–Kier alpha value is -1.02. The van der Waals surface area contributed by atoms with Crippen molar-refractivity contribution < 1.29 is 9.53 Å². The quantitative estimate of drug-likeness (QED) is 0.738. The lowest BCUT2D eigenvalue weighted by Gasteiger charge is -2.07. The molecule has 3 heteroatoms. The predicted molar refractivity (Wildman–Crippen MR) is 61.1 cm³/mol. The molecule has 0 spiro atoms. The monoisotopic (exact) mass is 226 g/mol. The molecular formula is C12H15ClO2. The van der Waals surface area contributed by atoms with E-state index in [0.717, 1.165) is 16.1 Å². The number of hydrogen-bond acceptors (Lipinski definition) is 2. The molecule has 0 aliphatic heterocycles. The second-order valence-electron chi connectivity index (χ2n) is 3.34. The number of hydrogen-bond donors (Lipinski definition) is 0. The van der Waals surface area contributed by atoms with Gasteiger partial charge in [-0.15, -0.1) is 0 Å². The summed E-state index contributed by atoms with van der Waals surface area (Å²) in [7, 11) is 0. The smallest absolute Gasteiger partial charge is 0.306 e. The van der Waals surface area contributed by atoms with E-state index >= 15 is 0 Å². The average Bonchev–Trinajstić information content (AvgIpc) is 2.17. The van der Waals surface area contributed by atoms with Crippen molar-refractivity contribution in [1.82, 2.24) is 0 Å². The van der Waals surface area contributed by atoms with Crippen LogP contribution >= 0.6 is 11.6 Å². The molecule has 0 bridgehead atoms.